The lowest BCUT2D eigenvalue weighted by molar-refractivity contribution is -0.140. The first-order valence-electron chi connectivity index (χ1n) is 5.81. The third-order valence-electron chi connectivity index (χ3n) is 2.79. The van der Waals surface area contributed by atoms with Crippen LogP contribution in [0, 0.1) is 0 Å². The van der Waals surface area contributed by atoms with Gasteiger partial charge in [-0.3, -0.25) is 9.59 Å². The molecule has 0 N–H and O–H groups in total. The summed E-state index contributed by atoms with van der Waals surface area (Å²) in [5, 5.41) is 0.245. The molecule has 0 aliphatic carbocycles. The lowest BCUT2D eigenvalue weighted by Gasteiger charge is -2.00. The van der Waals surface area contributed by atoms with Gasteiger partial charge in [0, 0.05) is 10.9 Å². The van der Waals surface area contributed by atoms with E-state index in [2.05, 4.69) is 9.97 Å². The monoisotopic (exact) mass is 342 g/mol. The minimum atomic E-state index is -4.64. The van der Waals surface area contributed by atoms with E-state index in [1.54, 1.807) is 11.6 Å². The predicted molar refractivity (Wildman–Crippen MR) is 75.4 cm³/mol. The van der Waals surface area contributed by atoms with Crippen LogP contribution in [0.15, 0.2) is 29.1 Å². The van der Waals surface area contributed by atoms with E-state index in [0.717, 1.165) is 0 Å². The Bertz CT molecular complexity index is 883. The van der Waals surface area contributed by atoms with Crippen molar-refractivity contribution in [3.05, 3.63) is 45.4 Å². The number of halogens is 3. The first-order valence-corrected chi connectivity index (χ1v) is 7.57. The summed E-state index contributed by atoms with van der Waals surface area (Å²) in [6.07, 6.45) is -4.64. The molecule has 0 spiro atoms. The summed E-state index contributed by atoms with van der Waals surface area (Å²) in [5.74, 6) is -1.94. The molecule has 22 heavy (non-hydrogen) atoms. The minimum absolute atomic E-state index is 0.102. The number of nitrogens with zero attached hydrogens (tertiary/aromatic N) is 2. The summed E-state index contributed by atoms with van der Waals surface area (Å²) in [6.45, 7) is 0. The SMILES string of the molecule is O=C(C(=O)c1nc(C(F)(F)F)cs1)c1ccc2ncsc2c1. The normalized spacial score (nSPS) is 11.8. The summed E-state index contributed by atoms with van der Waals surface area (Å²) < 4.78 is 38.1. The van der Waals surface area contributed by atoms with Crippen molar-refractivity contribution in [2.24, 2.45) is 0 Å². The molecular weight excluding hydrogens is 337 g/mol. The van der Waals surface area contributed by atoms with Crippen LogP contribution in [0.1, 0.15) is 25.9 Å². The predicted octanol–water partition coefficient (Wildman–Crippen LogP) is 3.84. The number of aromatic nitrogens is 2. The van der Waals surface area contributed by atoms with E-state index < -0.39 is 28.4 Å². The van der Waals surface area contributed by atoms with Crippen LogP contribution in [0.3, 0.4) is 0 Å². The third-order valence-corrected chi connectivity index (χ3v) is 4.42. The molecule has 0 aliphatic heterocycles. The Morgan fingerprint density at radius 3 is 2.55 bits per heavy atom. The molecule has 0 atom stereocenters. The van der Waals surface area contributed by atoms with Gasteiger partial charge in [-0.15, -0.1) is 22.7 Å². The highest BCUT2D eigenvalue weighted by Gasteiger charge is 2.35. The van der Waals surface area contributed by atoms with E-state index in [1.165, 1.54) is 23.5 Å². The van der Waals surface area contributed by atoms with E-state index in [1.807, 2.05) is 0 Å². The number of ketones is 2. The Balaban J connectivity index is 1.90. The molecule has 0 aliphatic rings. The van der Waals surface area contributed by atoms with Crippen LogP contribution < -0.4 is 0 Å². The molecule has 0 saturated heterocycles. The number of hydrogen-bond acceptors (Lipinski definition) is 6. The maximum absolute atomic E-state index is 12.5. The minimum Gasteiger partial charge on any atom is -0.285 e. The molecule has 4 nitrogen and oxygen atoms in total. The molecule has 3 aromatic rings. The van der Waals surface area contributed by atoms with Gasteiger partial charge in [-0.2, -0.15) is 13.2 Å². The molecule has 112 valence electrons. The number of Topliss-reactive ketones (excluding diaryl/α,β-unsaturated/α-hetero) is 2. The number of thiazole rings is 2. The van der Waals surface area contributed by atoms with Crippen molar-refractivity contribution in [2.45, 2.75) is 6.18 Å². The van der Waals surface area contributed by atoms with E-state index in [9.17, 15) is 22.8 Å². The van der Waals surface area contributed by atoms with Crippen LogP contribution >= 0.6 is 22.7 Å². The highest BCUT2D eigenvalue weighted by Crippen LogP contribution is 2.30. The van der Waals surface area contributed by atoms with Gasteiger partial charge in [0.15, 0.2) is 10.7 Å². The van der Waals surface area contributed by atoms with Crippen LogP contribution in [-0.4, -0.2) is 21.5 Å². The van der Waals surface area contributed by atoms with Crippen molar-refractivity contribution in [3.63, 3.8) is 0 Å². The second-order valence-electron chi connectivity index (χ2n) is 4.23. The molecule has 0 radical (unpaired) electrons. The van der Waals surface area contributed by atoms with Crippen molar-refractivity contribution in [1.82, 2.24) is 9.97 Å². The summed E-state index contributed by atoms with van der Waals surface area (Å²) in [6, 6.07) is 4.49. The molecular formula is C13H5F3N2O2S2. The number of carbonyl (C=O) groups excluding carboxylic acids is 2. The number of benzene rings is 1. The van der Waals surface area contributed by atoms with Crippen LogP contribution in [0.2, 0.25) is 0 Å². The van der Waals surface area contributed by atoms with E-state index >= 15 is 0 Å². The summed E-state index contributed by atoms with van der Waals surface area (Å²) in [5.41, 5.74) is 1.21. The van der Waals surface area contributed by atoms with Crippen molar-refractivity contribution in [2.75, 3.05) is 0 Å². The van der Waals surface area contributed by atoms with Gasteiger partial charge in [-0.1, -0.05) is 0 Å². The third kappa shape index (κ3) is 2.64. The largest absolute Gasteiger partial charge is 0.434 e. The Labute approximate surface area is 129 Å². The molecule has 0 bridgehead atoms. The summed E-state index contributed by atoms with van der Waals surface area (Å²) >= 11 is 1.80. The molecule has 2 aromatic heterocycles. The van der Waals surface area contributed by atoms with Crippen molar-refractivity contribution < 1.29 is 22.8 Å². The van der Waals surface area contributed by atoms with Gasteiger partial charge in [0.05, 0.1) is 15.7 Å². The number of alkyl halides is 3. The van der Waals surface area contributed by atoms with Gasteiger partial charge >= 0.3 is 6.18 Å². The molecule has 0 fully saturated rings. The zero-order chi connectivity index (χ0) is 15.9. The van der Waals surface area contributed by atoms with Crippen LogP contribution in [-0.2, 0) is 6.18 Å². The Morgan fingerprint density at radius 1 is 1.09 bits per heavy atom. The topological polar surface area (TPSA) is 59.9 Å². The molecule has 1 aromatic carbocycles. The maximum atomic E-state index is 12.5. The number of rotatable bonds is 3. The highest BCUT2D eigenvalue weighted by atomic mass is 32.1. The average Bonchev–Trinajstić information content (AvgIpc) is 3.13. The first-order chi connectivity index (χ1) is 10.4. The molecule has 2 heterocycles. The standard InChI is InChI=1S/C13H5F3N2O2S2/c14-13(15,16)9-4-21-12(18-9)11(20)10(19)6-1-2-7-8(3-6)22-5-17-7/h1-5H. The lowest BCUT2D eigenvalue weighted by atomic mass is 10.1. The number of fused-ring (bicyclic) bond motifs is 1. The Hall–Kier alpha value is -2.13. The van der Waals surface area contributed by atoms with Gasteiger partial charge in [-0.05, 0) is 18.2 Å². The number of carbonyl (C=O) groups is 2. The van der Waals surface area contributed by atoms with Gasteiger partial charge in [0.1, 0.15) is 0 Å². The average molecular weight is 342 g/mol. The van der Waals surface area contributed by atoms with Gasteiger partial charge < -0.3 is 0 Å². The molecule has 0 unspecified atom stereocenters. The van der Waals surface area contributed by atoms with Gasteiger partial charge in [-0.25, -0.2) is 9.97 Å². The maximum Gasteiger partial charge on any atom is 0.434 e. The van der Waals surface area contributed by atoms with Crippen molar-refractivity contribution in [3.8, 4) is 0 Å². The number of hydrogen-bond donors (Lipinski definition) is 0. The van der Waals surface area contributed by atoms with Gasteiger partial charge in [0.2, 0.25) is 5.78 Å². The molecule has 9 heteroatoms. The second kappa shape index (κ2) is 5.25. The zero-order valence-corrected chi connectivity index (χ0v) is 12.2. The zero-order valence-electron chi connectivity index (χ0n) is 10.5. The lowest BCUT2D eigenvalue weighted by Crippen LogP contribution is -2.15. The summed E-state index contributed by atoms with van der Waals surface area (Å²) in [4.78, 5) is 31.3. The Kier molecular flexibility index (Phi) is 3.53. The van der Waals surface area contributed by atoms with Crippen molar-refractivity contribution >= 4 is 44.5 Å². The fraction of sp³-hybridized carbons (Fsp3) is 0.0769. The Morgan fingerprint density at radius 2 is 1.86 bits per heavy atom. The quantitative estimate of drug-likeness (QED) is 0.536. The van der Waals surface area contributed by atoms with E-state index in [4.69, 9.17) is 0 Å². The molecule has 0 amide bonds. The molecule has 3 rings (SSSR count). The fourth-order valence-corrected chi connectivity index (χ4v) is 3.21. The van der Waals surface area contributed by atoms with E-state index in [0.29, 0.717) is 26.9 Å². The highest BCUT2D eigenvalue weighted by molar-refractivity contribution is 7.16. The smallest absolute Gasteiger partial charge is 0.285 e. The molecule has 0 saturated carbocycles. The van der Waals surface area contributed by atoms with Crippen LogP contribution in [0.4, 0.5) is 13.2 Å². The van der Waals surface area contributed by atoms with Crippen LogP contribution in [0.5, 0.6) is 0 Å². The second-order valence-corrected chi connectivity index (χ2v) is 5.97. The fourth-order valence-electron chi connectivity index (χ4n) is 1.73. The summed E-state index contributed by atoms with van der Waals surface area (Å²) in [7, 11) is 0. The first kappa shape index (κ1) is 14.8. The van der Waals surface area contributed by atoms with Crippen LogP contribution in [0.25, 0.3) is 10.2 Å². The van der Waals surface area contributed by atoms with Crippen molar-refractivity contribution in [1.29, 1.82) is 0 Å². The van der Waals surface area contributed by atoms with Gasteiger partial charge in [0.25, 0.3) is 5.78 Å². The van der Waals surface area contributed by atoms with E-state index in [-0.39, 0.29) is 5.56 Å².